The average Bonchev–Trinajstić information content (AvgIpc) is 2.60. The molecule has 0 unspecified atom stereocenters. The van der Waals surface area contributed by atoms with E-state index in [1.807, 2.05) is 6.92 Å². The molecule has 2 N–H and O–H groups in total. The van der Waals surface area contributed by atoms with E-state index in [1.165, 1.54) is 0 Å². The highest BCUT2D eigenvalue weighted by molar-refractivity contribution is 5.84. The van der Waals surface area contributed by atoms with Crippen LogP contribution in [0.4, 0.5) is 0 Å². The average molecular weight is 371 g/mol. The van der Waals surface area contributed by atoms with Gasteiger partial charge in [0.25, 0.3) is 0 Å². The van der Waals surface area contributed by atoms with Gasteiger partial charge in [0.05, 0.1) is 12.2 Å². The molecule has 0 heterocycles. The molecule has 0 aromatic heterocycles. The van der Waals surface area contributed by atoms with Gasteiger partial charge in [-0.3, -0.25) is 4.79 Å². The van der Waals surface area contributed by atoms with Crippen LogP contribution in [0.15, 0.2) is 4.99 Å². The van der Waals surface area contributed by atoms with Crippen molar-refractivity contribution in [3.63, 3.8) is 0 Å². The number of rotatable bonds is 10. The van der Waals surface area contributed by atoms with E-state index < -0.39 is 0 Å². The zero-order valence-corrected chi connectivity index (χ0v) is 17.2. The minimum absolute atomic E-state index is 0.00513. The Kier molecular flexibility index (Phi) is 11.3. The normalized spacial score (nSPS) is 20.9. The lowest BCUT2D eigenvalue weighted by Gasteiger charge is -2.31. The maximum absolute atomic E-state index is 11.8. The van der Waals surface area contributed by atoms with Crippen molar-refractivity contribution in [2.24, 2.45) is 4.99 Å². The first kappa shape index (κ1) is 22.7. The minimum atomic E-state index is -0.00513. The summed E-state index contributed by atoms with van der Waals surface area (Å²) in [5.41, 5.74) is 0. The van der Waals surface area contributed by atoms with Gasteiger partial charge in [0.15, 0.2) is 5.96 Å². The summed E-state index contributed by atoms with van der Waals surface area (Å²) in [5, 5.41) is 6.81. The molecule has 1 amide bonds. The second-order valence-corrected chi connectivity index (χ2v) is 7.23. The molecule has 0 aromatic rings. The second kappa shape index (κ2) is 12.9. The summed E-state index contributed by atoms with van der Waals surface area (Å²) in [7, 11) is 3.49. The van der Waals surface area contributed by atoms with E-state index in [2.05, 4.69) is 29.5 Å². The Morgan fingerprint density at radius 3 is 2.50 bits per heavy atom. The molecule has 152 valence electrons. The fourth-order valence-electron chi connectivity index (χ4n) is 2.89. The van der Waals surface area contributed by atoms with E-state index in [1.54, 1.807) is 19.0 Å². The van der Waals surface area contributed by atoms with Crippen molar-refractivity contribution in [3.05, 3.63) is 0 Å². The molecule has 0 aromatic carbocycles. The lowest BCUT2D eigenvalue weighted by molar-refractivity contribution is -0.127. The number of hydrogen-bond acceptors (Lipinski definition) is 4. The van der Waals surface area contributed by atoms with Crippen molar-refractivity contribution in [2.45, 2.75) is 71.1 Å². The lowest BCUT2D eigenvalue weighted by atomic mass is 9.93. The molecule has 0 radical (unpaired) electrons. The maximum atomic E-state index is 11.8. The van der Waals surface area contributed by atoms with Crippen LogP contribution in [0.5, 0.6) is 0 Å². The van der Waals surface area contributed by atoms with Gasteiger partial charge in [-0.25, -0.2) is 4.99 Å². The summed E-state index contributed by atoms with van der Waals surface area (Å²) in [6, 6.07) is 0.370. The quantitative estimate of drug-likeness (QED) is 0.348. The topological polar surface area (TPSA) is 75.2 Å². The number of guanidine groups is 1. The van der Waals surface area contributed by atoms with Crippen LogP contribution in [0.1, 0.15) is 52.9 Å². The zero-order chi connectivity index (χ0) is 19.4. The number of carbonyl (C=O) groups excluding carboxylic acids is 1. The number of carbonyl (C=O) groups is 1. The zero-order valence-electron chi connectivity index (χ0n) is 17.2. The molecule has 1 fully saturated rings. The highest BCUT2D eigenvalue weighted by atomic mass is 16.5. The van der Waals surface area contributed by atoms with E-state index in [4.69, 9.17) is 9.47 Å². The Balaban J connectivity index is 2.47. The van der Waals surface area contributed by atoms with Gasteiger partial charge in [-0.1, -0.05) is 0 Å². The fraction of sp³-hybridized carbons (Fsp3) is 0.895. The third-order valence-electron chi connectivity index (χ3n) is 4.31. The van der Waals surface area contributed by atoms with Gasteiger partial charge in [-0.15, -0.1) is 0 Å². The predicted molar refractivity (Wildman–Crippen MR) is 106 cm³/mol. The van der Waals surface area contributed by atoms with Gasteiger partial charge < -0.3 is 25.0 Å². The van der Waals surface area contributed by atoms with Gasteiger partial charge in [-0.05, 0) is 52.9 Å². The smallest absolute Gasteiger partial charge is 0.243 e. The second-order valence-electron chi connectivity index (χ2n) is 7.23. The Morgan fingerprint density at radius 2 is 1.92 bits per heavy atom. The van der Waals surface area contributed by atoms with Crippen LogP contribution in [-0.4, -0.2) is 75.4 Å². The molecule has 7 nitrogen and oxygen atoms in total. The number of aliphatic imine (C=N–C) groups is 1. The van der Waals surface area contributed by atoms with Crippen LogP contribution in [-0.2, 0) is 14.3 Å². The Labute approximate surface area is 158 Å². The van der Waals surface area contributed by atoms with E-state index >= 15 is 0 Å². The molecule has 0 bridgehead atoms. The van der Waals surface area contributed by atoms with Crippen molar-refractivity contribution in [2.75, 3.05) is 40.4 Å². The van der Waals surface area contributed by atoms with Crippen LogP contribution in [0.2, 0.25) is 0 Å². The van der Waals surface area contributed by atoms with Crippen molar-refractivity contribution >= 4 is 11.9 Å². The van der Waals surface area contributed by atoms with Gasteiger partial charge in [0.2, 0.25) is 5.91 Å². The van der Waals surface area contributed by atoms with E-state index in [-0.39, 0.29) is 18.6 Å². The predicted octanol–water partition coefficient (Wildman–Crippen LogP) is 1.77. The van der Waals surface area contributed by atoms with Crippen LogP contribution < -0.4 is 10.6 Å². The minimum Gasteiger partial charge on any atom is -0.382 e. The maximum Gasteiger partial charge on any atom is 0.243 e. The van der Waals surface area contributed by atoms with Gasteiger partial charge in [0, 0.05) is 39.9 Å². The third-order valence-corrected chi connectivity index (χ3v) is 4.31. The number of likely N-dealkylation sites (N-methyl/N-ethyl adjacent to an activating group) is 1. The van der Waals surface area contributed by atoms with Crippen LogP contribution >= 0.6 is 0 Å². The van der Waals surface area contributed by atoms with Crippen LogP contribution in [0.3, 0.4) is 0 Å². The van der Waals surface area contributed by atoms with Gasteiger partial charge in [-0.2, -0.15) is 0 Å². The monoisotopic (exact) mass is 370 g/mol. The first-order chi connectivity index (χ1) is 12.4. The number of hydrogen-bond donors (Lipinski definition) is 2. The lowest BCUT2D eigenvalue weighted by Crippen LogP contribution is -2.46. The third kappa shape index (κ3) is 9.97. The molecule has 7 heteroatoms. The summed E-state index contributed by atoms with van der Waals surface area (Å²) < 4.78 is 11.3. The number of nitrogens with one attached hydrogen (secondary N) is 2. The first-order valence-corrected chi connectivity index (χ1v) is 9.90. The largest absolute Gasteiger partial charge is 0.382 e. The number of amides is 1. The highest BCUT2D eigenvalue weighted by Crippen LogP contribution is 2.22. The molecule has 1 rings (SSSR count). The highest BCUT2D eigenvalue weighted by Gasteiger charge is 2.23. The van der Waals surface area contributed by atoms with Crippen molar-refractivity contribution in [1.29, 1.82) is 0 Å². The standard InChI is InChI=1S/C19H38N4O3/c1-6-25-13-7-12-20-19(21-14-18(24)23(4)5)22-16-8-10-17(11-9-16)26-15(2)3/h15-17H,6-14H2,1-5H3,(H2,20,21,22). The molecule has 1 saturated carbocycles. The molecule has 26 heavy (non-hydrogen) atoms. The molecule has 1 aliphatic rings. The Morgan fingerprint density at radius 1 is 1.23 bits per heavy atom. The Bertz CT molecular complexity index is 419. The Hall–Kier alpha value is -1.34. The molecule has 0 atom stereocenters. The molecular weight excluding hydrogens is 332 g/mol. The SMILES string of the molecule is CCOCCCNC(=NCC(=O)N(C)C)NC1CCC(OC(C)C)CC1. The molecule has 0 aliphatic heterocycles. The number of nitrogens with zero attached hydrogens (tertiary/aromatic N) is 2. The molecule has 0 saturated heterocycles. The van der Waals surface area contributed by atoms with Crippen LogP contribution in [0, 0.1) is 0 Å². The molecule has 1 aliphatic carbocycles. The van der Waals surface area contributed by atoms with Gasteiger partial charge >= 0.3 is 0 Å². The van der Waals surface area contributed by atoms with Crippen LogP contribution in [0.25, 0.3) is 0 Å². The van der Waals surface area contributed by atoms with Crippen molar-refractivity contribution in [1.82, 2.24) is 15.5 Å². The van der Waals surface area contributed by atoms with Gasteiger partial charge in [0.1, 0.15) is 6.54 Å². The molecular formula is C19H38N4O3. The van der Waals surface area contributed by atoms with E-state index in [0.717, 1.165) is 51.9 Å². The van der Waals surface area contributed by atoms with Crippen molar-refractivity contribution < 1.29 is 14.3 Å². The van der Waals surface area contributed by atoms with Crippen molar-refractivity contribution in [3.8, 4) is 0 Å². The summed E-state index contributed by atoms with van der Waals surface area (Å²) in [6.07, 6.45) is 5.78. The summed E-state index contributed by atoms with van der Waals surface area (Å²) in [5.74, 6) is 0.708. The van der Waals surface area contributed by atoms with E-state index in [9.17, 15) is 4.79 Å². The van der Waals surface area contributed by atoms with E-state index in [0.29, 0.717) is 18.1 Å². The number of ether oxygens (including phenoxy) is 2. The summed E-state index contributed by atoms with van der Waals surface area (Å²) in [4.78, 5) is 17.8. The summed E-state index contributed by atoms with van der Waals surface area (Å²) in [6.45, 7) is 8.55. The molecule has 0 spiro atoms. The summed E-state index contributed by atoms with van der Waals surface area (Å²) >= 11 is 0. The fourth-order valence-corrected chi connectivity index (χ4v) is 2.89. The first-order valence-electron chi connectivity index (χ1n) is 9.90.